The Morgan fingerprint density at radius 2 is 1.83 bits per heavy atom. The first kappa shape index (κ1) is 12.4. The third-order valence-corrected chi connectivity index (χ3v) is 2.84. The lowest BCUT2D eigenvalue weighted by Crippen LogP contribution is -2.07. The van der Waals surface area contributed by atoms with E-state index in [1.807, 2.05) is 31.2 Å². The van der Waals surface area contributed by atoms with E-state index in [9.17, 15) is 13.6 Å². The van der Waals surface area contributed by atoms with Crippen LogP contribution in [0, 0.1) is 18.6 Å². The summed E-state index contributed by atoms with van der Waals surface area (Å²) >= 11 is 0. The SMILES string of the molecule is Cc1ccccc1CC(=O)c1cc(F)ccc1F. The van der Waals surface area contributed by atoms with Gasteiger partial charge in [-0.3, -0.25) is 4.79 Å². The number of ketones is 1. The maximum Gasteiger partial charge on any atom is 0.170 e. The molecule has 0 bridgehead atoms. The molecule has 1 nitrogen and oxygen atoms in total. The molecule has 0 heterocycles. The van der Waals surface area contributed by atoms with Crippen molar-refractivity contribution in [1.82, 2.24) is 0 Å². The van der Waals surface area contributed by atoms with Crippen LogP contribution in [0.1, 0.15) is 21.5 Å². The van der Waals surface area contributed by atoms with Crippen molar-refractivity contribution in [2.45, 2.75) is 13.3 Å². The van der Waals surface area contributed by atoms with E-state index in [4.69, 9.17) is 0 Å². The van der Waals surface area contributed by atoms with Crippen molar-refractivity contribution in [3.8, 4) is 0 Å². The number of halogens is 2. The molecule has 0 spiro atoms. The monoisotopic (exact) mass is 246 g/mol. The molecule has 3 heteroatoms. The second-order valence-electron chi connectivity index (χ2n) is 4.15. The molecule has 0 aliphatic heterocycles. The van der Waals surface area contributed by atoms with Gasteiger partial charge in [0.25, 0.3) is 0 Å². The average Bonchev–Trinajstić information content (AvgIpc) is 2.35. The molecule has 0 aromatic heterocycles. The maximum atomic E-state index is 13.4. The molecule has 0 saturated heterocycles. The largest absolute Gasteiger partial charge is 0.294 e. The summed E-state index contributed by atoms with van der Waals surface area (Å²) < 4.78 is 26.4. The third kappa shape index (κ3) is 2.62. The molecule has 0 fully saturated rings. The summed E-state index contributed by atoms with van der Waals surface area (Å²) in [5, 5.41) is 0. The van der Waals surface area contributed by atoms with E-state index < -0.39 is 17.4 Å². The molecule has 92 valence electrons. The predicted molar refractivity (Wildman–Crippen MR) is 65.6 cm³/mol. The van der Waals surface area contributed by atoms with E-state index >= 15 is 0 Å². The minimum atomic E-state index is -0.685. The lowest BCUT2D eigenvalue weighted by atomic mass is 9.99. The number of carbonyl (C=O) groups is 1. The molecule has 2 rings (SSSR count). The quantitative estimate of drug-likeness (QED) is 0.755. The van der Waals surface area contributed by atoms with Crippen molar-refractivity contribution < 1.29 is 13.6 Å². The normalized spacial score (nSPS) is 10.4. The zero-order chi connectivity index (χ0) is 13.1. The summed E-state index contributed by atoms with van der Waals surface area (Å²) in [5.74, 6) is -1.71. The number of carbonyl (C=O) groups excluding carboxylic acids is 1. The van der Waals surface area contributed by atoms with Gasteiger partial charge in [-0.15, -0.1) is 0 Å². The van der Waals surface area contributed by atoms with Crippen molar-refractivity contribution in [2.24, 2.45) is 0 Å². The van der Waals surface area contributed by atoms with Gasteiger partial charge < -0.3 is 0 Å². The fraction of sp³-hybridized carbons (Fsp3) is 0.133. The summed E-state index contributed by atoms with van der Waals surface area (Å²) in [5.41, 5.74) is 1.59. The molecule has 2 aromatic rings. The lowest BCUT2D eigenvalue weighted by Gasteiger charge is -2.06. The fourth-order valence-corrected chi connectivity index (χ4v) is 1.79. The second-order valence-corrected chi connectivity index (χ2v) is 4.15. The van der Waals surface area contributed by atoms with Crippen LogP contribution in [-0.2, 0) is 6.42 Å². The van der Waals surface area contributed by atoms with Crippen molar-refractivity contribution in [1.29, 1.82) is 0 Å². The number of Topliss-reactive ketones (excluding diaryl/α,β-unsaturated/α-hetero) is 1. The number of hydrogen-bond donors (Lipinski definition) is 0. The van der Waals surface area contributed by atoms with E-state index in [0.29, 0.717) is 0 Å². The van der Waals surface area contributed by atoms with Gasteiger partial charge in [-0.25, -0.2) is 8.78 Å². The summed E-state index contributed by atoms with van der Waals surface area (Å²) in [4.78, 5) is 11.9. The zero-order valence-corrected chi connectivity index (χ0v) is 9.91. The van der Waals surface area contributed by atoms with Crippen LogP contribution in [0.4, 0.5) is 8.78 Å². The van der Waals surface area contributed by atoms with E-state index in [-0.39, 0.29) is 12.0 Å². The molecule has 0 aliphatic rings. The van der Waals surface area contributed by atoms with Crippen LogP contribution < -0.4 is 0 Å². The first-order chi connectivity index (χ1) is 8.58. The third-order valence-electron chi connectivity index (χ3n) is 2.84. The van der Waals surface area contributed by atoms with Gasteiger partial charge in [0.15, 0.2) is 5.78 Å². The van der Waals surface area contributed by atoms with Crippen LogP contribution >= 0.6 is 0 Å². The van der Waals surface area contributed by atoms with Gasteiger partial charge >= 0.3 is 0 Å². The van der Waals surface area contributed by atoms with Crippen LogP contribution in [0.3, 0.4) is 0 Å². The van der Waals surface area contributed by atoms with Crippen molar-refractivity contribution in [2.75, 3.05) is 0 Å². The molecule has 0 atom stereocenters. The smallest absolute Gasteiger partial charge is 0.170 e. The number of hydrogen-bond acceptors (Lipinski definition) is 1. The molecular weight excluding hydrogens is 234 g/mol. The molecule has 0 N–H and O–H groups in total. The predicted octanol–water partition coefficient (Wildman–Crippen LogP) is 3.70. The van der Waals surface area contributed by atoms with Gasteiger partial charge in [-0.1, -0.05) is 24.3 Å². The maximum absolute atomic E-state index is 13.4. The molecular formula is C15H12F2O. The molecule has 2 aromatic carbocycles. The molecule has 0 amide bonds. The molecule has 0 radical (unpaired) electrons. The van der Waals surface area contributed by atoms with E-state index in [2.05, 4.69) is 0 Å². The minimum Gasteiger partial charge on any atom is -0.294 e. The first-order valence-electron chi connectivity index (χ1n) is 5.60. The topological polar surface area (TPSA) is 17.1 Å². The van der Waals surface area contributed by atoms with Crippen LogP contribution in [0.5, 0.6) is 0 Å². The van der Waals surface area contributed by atoms with E-state index in [1.165, 1.54) is 0 Å². The van der Waals surface area contributed by atoms with Crippen LogP contribution in [0.2, 0.25) is 0 Å². The van der Waals surface area contributed by atoms with Crippen LogP contribution in [-0.4, -0.2) is 5.78 Å². The van der Waals surface area contributed by atoms with E-state index in [1.54, 1.807) is 0 Å². The van der Waals surface area contributed by atoms with Crippen molar-refractivity contribution in [3.63, 3.8) is 0 Å². The lowest BCUT2D eigenvalue weighted by molar-refractivity contribution is 0.0988. The Morgan fingerprint density at radius 1 is 1.11 bits per heavy atom. The number of benzene rings is 2. The van der Waals surface area contributed by atoms with Gasteiger partial charge in [0.2, 0.25) is 0 Å². The standard InChI is InChI=1S/C15H12F2O/c1-10-4-2-3-5-11(10)8-15(18)13-9-12(16)6-7-14(13)17/h2-7,9H,8H2,1H3. The van der Waals surface area contributed by atoms with Gasteiger partial charge in [-0.2, -0.15) is 0 Å². The summed E-state index contributed by atoms with van der Waals surface area (Å²) in [6.45, 7) is 1.88. The van der Waals surface area contributed by atoms with Gasteiger partial charge in [0.05, 0.1) is 5.56 Å². The van der Waals surface area contributed by atoms with Gasteiger partial charge in [0, 0.05) is 6.42 Å². The second kappa shape index (κ2) is 5.08. The Hall–Kier alpha value is -2.03. The van der Waals surface area contributed by atoms with Crippen LogP contribution in [0.25, 0.3) is 0 Å². The van der Waals surface area contributed by atoms with Gasteiger partial charge in [0.1, 0.15) is 11.6 Å². The Labute approximate surface area is 104 Å². The minimum absolute atomic E-state index is 0.0764. The number of rotatable bonds is 3. The summed E-state index contributed by atoms with van der Waals surface area (Å²) in [6.07, 6.45) is 0.0764. The summed E-state index contributed by atoms with van der Waals surface area (Å²) in [6, 6.07) is 10.3. The molecule has 0 saturated carbocycles. The Bertz CT molecular complexity index is 591. The highest BCUT2D eigenvalue weighted by atomic mass is 19.1. The highest BCUT2D eigenvalue weighted by molar-refractivity contribution is 5.97. The van der Waals surface area contributed by atoms with E-state index in [0.717, 1.165) is 29.3 Å². The zero-order valence-electron chi connectivity index (χ0n) is 9.91. The fourth-order valence-electron chi connectivity index (χ4n) is 1.79. The highest BCUT2D eigenvalue weighted by Crippen LogP contribution is 2.15. The van der Waals surface area contributed by atoms with Crippen molar-refractivity contribution in [3.05, 3.63) is 70.8 Å². The highest BCUT2D eigenvalue weighted by Gasteiger charge is 2.14. The average molecular weight is 246 g/mol. The Kier molecular flexibility index (Phi) is 3.51. The first-order valence-corrected chi connectivity index (χ1v) is 5.60. The molecule has 0 unspecified atom stereocenters. The van der Waals surface area contributed by atoms with Gasteiger partial charge in [-0.05, 0) is 36.2 Å². The Morgan fingerprint density at radius 3 is 2.56 bits per heavy atom. The number of aryl methyl sites for hydroxylation is 1. The Balaban J connectivity index is 2.28. The summed E-state index contributed by atoms with van der Waals surface area (Å²) in [7, 11) is 0. The molecule has 18 heavy (non-hydrogen) atoms. The van der Waals surface area contributed by atoms with Crippen molar-refractivity contribution >= 4 is 5.78 Å². The molecule has 0 aliphatic carbocycles. The van der Waals surface area contributed by atoms with Crippen LogP contribution in [0.15, 0.2) is 42.5 Å².